The first kappa shape index (κ1) is 23.1. The molecule has 1 N–H and O–H groups in total. The molecule has 0 radical (unpaired) electrons. The van der Waals surface area contributed by atoms with Crippen molar-refractivity contribution in [2.24, 2.45) is 0 Å². The molecule has 33 heavy (non-hydrogen) atoms. The number of aromatic hydroxyl groups is 1. The molecular weight excluding hydrogens is 420 g/mol. The van der Waals surface area contributed by atoms with Crippen LogP contribution in [0.3, 0.4) is 0 Å². The molecule has 2 nitrogen and oxygen atoms in total. The summed E-state index contributed by atoms with van der Waals surface area (Å²) in [4.78, 5) is 0. The molecule has 0 saturated carbocycles. The van der Waals surface area contributed by atoms with Crippen LogP contribution in [0.1, 0.15) is 31.9 Å². The lowest BCUT2D eigenvalue weighted by molar-refractivity contribution is 0.425. The summed E-state index contributed by atoms with van der Waals surface area (Å²) in [7, 11) is -2.24. The van der Waals surface area contributed by atoms with Gasteiger partial charge in [-0.2, -0.15) is 0 Å². The largest absolute Gasteiger partial charge is 0.541 e. The SMILES string of the molecule is Cc1ccccc1-c1c(O)c(O[Si](C)(C)C(C)(C)C)c(-c2ccccc2C)c2ccccc12. The fourth-order valence-electron chi connectivity index (χ4n) is 4.16. The summed E-state index contributed by atoms with van der Waals surface area (Å²) < 4.78 is 6.94. The van der Waals surface area contributed by atoms with Gasteiger partial charge >= 0.3 is 0 Å². The van der Waals surface area contributed by atoms with Crippen molar-refractivity contribution in [2.75, 3.05) is 0 Å². The standard InChI is InChI=1S/C30H34O2Si/c1-20-14-8-10-16-22(20)26-24-18-12-13-19-25(24)27(23-17-11-9-15-21(23)2)29(28(26)31)32-33(6,7)30(3,4)5/h8-19,31H,1-7H3. The molecular formula is C30H34O2Si. The molecule has 4 aromatic rings. The maximum absolute atomic E-state index is 11.9. The number of benzene rings is 4. The van der Waals surface area contributed by atoms with E-state index in [9.17, 15) is 5.11 Å². The highest BCUT2D eigenvalue weighted by molar-refractivity contribution is 6.74. The van der Waals surface area contributed by atoms with Crippen molar-refractivity contribution < 1.29 is 9.53 Å². The molecule has 4 rings (SSSR count). The van der Waals surface area contributed by atoms with Crippen LogP contribution in [-0.4, -0.2) is 13.4 Å². The predicted molar refractivity (Wildman–Crippen MR) is 144 cm³/mol. The number of phenolic OH excluding ortho intramolecular Hbond substituents is 1. The quantitative estimate of drug-likeness (QED) is 0.312. The number of fused-ring (bicyclic) bond motifs is 1. The van der Waals surface area contributed by atoms with Crippen molar-refractivity contribution in [3.05, 3.63) is 83.9 Å². The topological polar surface area (TPSA) is 29.5 Å². The van der Waals surface area contributed by atoms with Gasteiger partial charge in [-0.15, -0.1) is 0 Å². The Kier molecular flexibility index (Phi) is 5.88. The van der Waals surface area contributed by atoms with Gasteiger partial charge < -0.3 is 9.53 Å². The average Bonchev–Trinajstić information content (AvgIpc) is 2.75. The van der Waals surface area contributed by atoms with E-state index in [0.717, 1.165) is 44.2 Å². The first-order valence-electron chi connectivity index (χ1n) is 11.6. The Hall–Kier alpha value is -3.04. The van der Waals surface area contributed by atoms with Crippen molar-refractivity contribution >= 4 is 19.1 Å². The van der Waals surface area contributed by atoms with Gasteiger partial charge in [0.1, 0.15) is 0 Å². The molecule has 0 aromatic heterocycles. The van der Waals surface area contributed by atoms with Gasteiger partial charge in [-0.05, 0) is 65.0 Å². The Labute approximate surface area is 199 Å². The molecule has 0 saturated heterocycles. The first-order chi connectivity index (χ1) is 15.5. The number of phenols is 1. The molecule has 4 aromatic carbocycles. The van der Waals surface area contributed by atoms with Gasteiger partial charge in [-0.25, -0.2) is 0 Å². The Morgan fingerprint density at radius 1 is 0.667 bits per heavy atom. The van der Waals surface area contributed by atoms with Gasteiger partial charge in [0.25, 0.3) is 8.32 Å². The van der Waals surface area contributed by atoms with Gasteiger partial charge in [0.05, 0.1) is 0 Å². The lowest BCUT2D eigenvalue weighted by atomic mass is 9.88. The summed E-state index contributed by atoms with van der Waals surface area (Å²) in [6, 6.07) is 25.0. The van der Waals surface area contributed by atoms with Crippen LogP contribution >= 0.6 is 0 Å². The van der Waals surface area contributed by atoms with Gasteiger partial charge in [0, 0.05) is 11.1 Å². The number of rotatable bonds is 4. The summed E-state index contributed by atoms with van der Waals surface area (Å²) in [5.74, 6) is 0.832. The van der Waals surface area contributed by atoms with Crippen LogP contribution in [0.25, 0.3) is 33.0 Å². The van der Waals surface area contributed by atoms with E-state index in [-0.39, 0.29) is 10.8 Å². The normalized spacial score (nSPS) is 12.2. The maximum Gasteiger partial charge on any atom is 0.250 e. The highest BCUT2D eigenvalue weighted by atomic mass is 28.4. The number of aryl methyl sites for hydroxylation is 2. The second kappa shape index (κ2) is 8.38. The van der Waals surface area contributed by atoms with E-state index in [1.807, 2.05) is 18.2 Å². The van der Waals surface area contributed by atoms with Crippen molar-refractivity contribution in [1.29, 1.82) is 0 Å². The Morgan fingerprint density at radius 2 is 1.09 bits per heavy atom. The third-order valence-corrected chi connectivity index (χ3v) is 11.5. The third kappa shape index (κ3) is 4.06. The van der Waals surface area contributed by atoms with Gasteiger partial charge in [-0.1, -0.05) is 93.6 Å². The van der Waals surface area contributed by atoms with E-state index >= 15 is 0 Å². The van der Waals surface area contributed by atoms with Crippen LogP contribution in [0.4, 0.5) is 0 Å². The minimum atomic E-state index is -2.24. The highest BCUT2D eigenvalue weighted by Gasteiger charge is 2.41. The van der Waals surface area contributed by atoms with Gasteiger partial charge in [-0.3, -0.25) is 0 Å². The van der Waals surface area contributed by atoms with Gasteiger partial charge in [0.15, 0.2) is 11.5 Å². The van der Waals surface area contributed by atoms with Crippen molar-refractivity contribution in [3.63, 3.8) is 0 Å². The average molecular weight is 455 g/mol. The summed E-state index contributed by atoms with van der Waals surface area (Å²) >= 11 is 0. The summed E-state index contributed by atoms with van der Waals surface area (Å²) in [5, 5.41) is 14.0. The molecule has 0 unspecified atom stereocenters. The van der Waals surface area contributed by atoms with Crippen molar-refractivity contribution in [3.8, 4) is 33.8 Å². The molecule has 0 bridgehead atoms. The van der Waals surface area contributed by atoms with Crippen molar-refractivity contribution in [1.82, 2.24) is 0 Å². The second-order valence-electron chi connectivity index (χ2n) is 10.5. The van der Waals surface area contributed by atoms with Crippen molar-refractivity contribution in [2.45, 2.75) is 52.8 Å². The van der Waals surface area contributed by atoms with E-state index in [4.69, 9.17) is 4.43 Å². The van der Waals surface area contributed by atoms with Crippen LogP contribution in [0, 0.1) is 13.8 Å². The zero-order valence-electron chi connectivity index (χ0n) is 20.8. The zero-order valence-corrected chi connectivity index (χ0v) is 21.8. The van der Waals surface area contributed by atoms with E-state index in [2.05, 4.69) is 102 Å². The predicted octanol–water partition coefficient (Wildman–Crippen LogP) is 8.88. The lowest BCUT2D eigenvalue weighted by Gasteiger charge is -2.38. The minimum Gasteiger partial charge on any atom is -0.541 e. The second-order valence-corrected chi connectivity index (χ2v) is 15.2. The molecule has 0 heterocycles. The fraction of sp³-hybridized carbons (Fsp3) is 0.267. The van der Waals surface area contributed by atoms with E-state index < -0.39 is 8.32 Å². The molecule has 0 fully saturated rings. The van der Waals surface area contributed by atoms with Crippen LogP contribution in [-0.2, 0) is 0 Å². The molecule has 0 spiro atoms. The van der Waals surface area contributed by atoms with Crippen LogP contribution < -0.4 is 4.43 Å². The summed E-state index contributed by atoms with van der Waals surface area (Å²) in [6.07, 6.45) is 0. The fourth-order valence-corrected chi connectivity index (χ4v) is 5.17. The Morgan fingerprint density at radius 3 is 1.58 bits per heavy atom. The van der Waals surface area contributed by atoms with E-state index in [1.165, 1.54) is 0 Å². The summed E-state index contributed by atoms with van der Waals surface area (Å²) in [5.41, 5.74) is 6.22. The van der Waals surface area contributed by atoms with E-state index in [0.29, 0.717) is 5.75 Å². The lowest BCUT2D eigenvalue weighted by Crippen LogP contribution is -2.44. The number of hydrogen-bond acceptors (Lipinski definition) is 2. The summed E-state index contributed by atoms with van der Waals surface area (Å²) in [6.45, 7) is 15.4. The minimum absolute atomic E-state index is 0.00306. The molecule has 0 aliphatic heterocycles. The molecule has 0 aliphatic carbocycles. The van der Waals surface area contributed by atoms with Crippen LogP contribution in [0.5, 0.6) is 11.5 Å². The zero-order chi connectivity index (χ0) is 24.0. The molecule has 0 aliphatic rings. The van der Waals surface area contributed by atoms with Gasteiger partial charge in [0.2, 0.25) is 0 Å². The first-order valence-corrected chi connectivity index (χ1v) is 14.5. The van der Waals surface area contributed by atoms with E-state index in [1.54, 1.807) is 0 Å². The molecule has 0 atom stereocenters. The molecule has 170 valence electrons. The maximum atomic E-state index is 11.9. The Balaban J connectivity index is 2.18. The highest BCUT2D eigenvalue weighted by Crippen LogP contribution is 2.53. The molecule has 0 amide bonds. The third-order valence-electron chi connectivity index (χ3n) is 7.14. The smallest absolute Gasteiger partial charge is 0.250 e. The monoisotopic (exact) mass is 454 g/mol. The number of hydrogen-bond donors (Lipinski definition) is 1. The Bertz CT molecular complexity index is 1330. The molecule has 3 heteroatoms. The van der Waals surface area contributed by atoms with Crippen LogP contribution in [0.2, 0.25) is 18.1 Å². The van der Waals surface area contributed by atoms with Crippen LogP contribution in [0.15, 0.2) is 72.8 Å².